The van der Waals surface area contributed by atoms with Crippen molar-refractivity contribution in [2.75, 3.05) is 5.06 Å². The van der Waals surface area contributed by atoms with E-state index in [0.29, 0.717) is 10.9 Å². The molecule has 2 heterocycles. The minimum absolute atomic E-state index is 0.0205. The lowest BCUT2D eigenvalue weighted by atomic mass is 10.2. The predicted molar refractivity (Wildman–Crippen MR) is 78.5 cm³/mol. The van der Waals surface area contributed by atoms with E-state index < -0.39 is 11.7 Å². The van der Waals surface area contributed by atoms with Crippen LogP contribution in [0.2, 0.25) is 5.02 Å². The second-order valence-corrected chi connectivity index (χ2v) is 5.11. The summed E-state index contributed by atoms with van der Waals surface area (Å²) in [4.78, 5) is 0. The highest BCUT2D eigenvalue weighted by molar-refractivity contribution is 6.31. The maximum absolute atomic E-state index is 13.2. The van der Waals surface area contributed by atoms with E-state index in [0.717, 1.165) is 6.07 Å². The summed E-state index contributed by atoms with van der Waals surface area (Å²) in [6.07, 6.45) is 0. The van der Waals surface area contributed by atoms with Crippen LogP contribution in [0.3, 0.4) is 0 Å². The summed E-state index contributed by atoms with van der Waals surface area (Å²) < 4.78 is 19.3. The fraction of sp³-hybridized carbons (Fsp3) is 0.167. The van der Waals surface area contributed by atoms with Crippen LogP contribution in [0, 0.1) is 18.2 Å². The Kier molecular flexibility index (Phi) is 4.18. The van der Waals surface area contributed by atoms with Crippen molar-refractivity contribution in [2.24, 2.45) is 0 Å². The molecule has 24 heavy (non-hydrogen) atoms. The number of halogens is 2. The van der Waals surface area contributed by atoms with Crippen molar-refractivity contribution in [3.63, 3.8) is 0 Å². The van der Waals surface area contributed by atoms with Crippen LogP contribution in [-0.2, 0) is 6.54 Å². The predicted octanol–water partition coefficient (Wildman–Crippen LogP) is 1.43. The SMILES string of the molecule is Cc1nnnn1Cc1nonc1C(=N)N(O)c1ccc(F)c(Cl)c1. The van der Waals surface area contributed by atoms with Crippen LogP contribution < -0.4 is 5.06 Å². The molecular weight excluding hydrogens is 343 g/mol. The Morgan fingerprint density at radius 2 is 2.25 bits per heavy atom. The number of rotatable bonds is 4. The molecule has 2 aromatic heterocycles. The highest BCUT2D eigenvalue weighted by Crippen LogP contribution is 2.23. The fourth-order valence-corrected chi connectivity index (χ4v) is 2.05. The summed E-state index contributed by atoms with van der Waals surface area (Å²) in [5, 5.41) is 36.8. The normalized spacial score (nSPS) is 10.8. The molecule has 0 aliphatic rings. The van der Waals surface area contributed by atoms with E-state index >= 15 is 0 Å². The first-order chi connectivity index (χ1) is 11.5. The molecule has 0 aliphatic heterocycles. The molecule has 0 aliphatic carbocycles. The number of aryl methyl sites for hydroxylation is 1. The molecule has 0 saturated carbocycles. The number of hydroxylamine groups is 1. The zero-order valence-electron chi connectivity index (χ0n) is 12.2. The molecule has 0 saturated heterocycles. The first-order valence-corrected chi connectivity index (χ1v) is 6.92. The van der Waals surface area contributed by atoms with Crippen molar-refractivity contribution in [3.05, 3.63) is 46.3 Å². The van der Waals surface area contributed by atoms with E-state index in [1.807, 2.05) is 0 Å². The first-order valence-electron chi connectivity index (χ1n) is 6.54. The van der Waals surface area contributed by atoms with Gasteiger partial charge in [0.15, 0.2) is 11.5 Å². The van der Waals surface area contributed by atoms with Crippen LogP contribution in [0.5, 0.6) is 0 Å². The Bertz CT molecular complexity index is 895. The molecule has 0 radical (unpaired) electrons. The van der Waals surface area contributed by atoms with Crippen LogP contribution in [0.1, 0.15) is 17.2 Å². The number of benzene rings is 1. The van der Waals surface area contributed by atoms with Gasteiger partial charge in [-0.25, -0.2) is 18.8 Å². The maximum atomic E-state index is 13.2. The molecule has 124 valence electrons. The van der Waals surface area contributed by atoms with E-state index in [4.69, 9.17) is 17.0 Å². The minimum atomic E-state index is -0.640. The van der Waals surface area contributed by atoms with E-state index in [2.05, 4.69) is 30.5 Å². The molecule has 3 aromatic rings. The second kappa shape index (κ2) is 6.29. The van der Waals surface area contributed by atoms with Gasteiger partial charge in [0, 0.05) is 0 Å². The largest absolute Gasteiger partial charge is 0.282 e. The van der Waals surface area contributed by atoms with Crippen molar-refractivity contribution in [3.8, 4) is 0 Å². The van der Waals surface area contributed by atoms with Crippen LogP contribution in [-0.4, -0.2) is 41.6 Å². The third-order valence-corrected chi connectivity index (χ3v) is 3.44. The Labute approximate surface area is 138 Å². The average molecular weight is 353 g/mol. The van der Waals surface area contributed by atoms with Crippen LogP contribution in [0.25, 0.3) is 0 Å². The molecule has 0 fully saturated rings. The first kappa shape index (κ1) is 16.0. The third-order valence-electron chi connectivity index (χ3n) is 3.15. The Hall–Kier alpha value is -2.92. The minimum Gasteiger partial charge on any atom is -0.282 e. The van der Waals surface area contributed by atoms with Crippen molar-refractivity contribution < 1.29 is 14.2 Å². The van der Waals surface area contributed by atoms with E-state index in [9.17, 15) is 9.60 Å². The zero-order valence-corrected chi connectivity index (χ0v) is 12.9. The molecule has 0 unspecified atom stereocenters. The lowest BCUT2D eigenvalue weighted by Gasteiger charge is -2.16. The Balaban J connectivity index is 1.86. The molecule has 0 spiro atoms. The fourth-order valence-electron chi connectivity index (χ4n) is 1.87. The summed E-state index contributed by atoms with van der Waals surface area (Å²) in [7, 11) is 0. The van der Waals surface area contributed by atoms with Crippen LogP contribution in [0.4, 0.5) is 10.1 Å². The number of tetrazole rings is 1. The van der Waals surface area contributed by atoms with Crippen molar-refractivity contribution in [1.29, 1.82) is 5.41 Å². The van der Waals surface area contributed by atoms with Gasteiger partial charge in [-0.15, -0.1) is 5.10 Å². The number of aromatic nitrogens is 6. The smallest absolute Gasteiger partial charge is 0.182 e. The molecule has 0 amide bonds. The van der Waals surface area contributed by atoms with Gasteiger partial charge in [-0.3, -0.25) is 10.6 Å². The van der Waals surface area contributed by atoms with Gasteiger partial charge in [0.2, 0.25) is 0 Å². The number of hydrogen-bond donors (Lipinski definition) is 2. The number of anilines is 1. The van der Waals surface area contributed by atoms with Crippen molar-refractivity contribution >= 4 is 23.1 Å². The number of nitrogens with one attached hydrogen (secondary N) is 1. The Morgan fingerprint density at radius 1 is 1.46 bits per heavy atom. The Morgan fingerprint density at radius 3 is 2.92 bits per heavy atom. The van der Waals surface area contributed by atoms with Crippen LogP contribution in [0.15, 0.2) is 22.8 Å². The van der Waals surface area contributed by atoms with Gasteiger partial charge in [-0.1, -0.05) is 16.8 Å². The van der Waals surface area contributed by atoms with E-state index in [1.54, 1.807) is 6.92 Å². The summed E-state index contributed by atoms with van der Waals surface area (Å²) in [6, 6.07) is 3.50. The molecule has 3 rings (SSSR count). The van der Waals surface area contributed by atoms with Crippen molar-refractivity contribution in [1.82, 2.24) is 30.5 Å². The summed E-state index contributed by atoms with van der Waals surface area (Å²) in [6.45, 7) is 1.79. The van der Waals surface area contributed by atoms with Gasteiger partial charge >= 0.3 is 0 Å². The number of nitrogens with zero attached hydrogens (tertiary/aromatic N) is 7. The molecular formula is C12H10ClFN8O2. The lowest BCUT2D eigenvalue weighted by Crippen LogP contribution is -2.28. The highest BCUT2D eigenvalue weighted by Gasteiger charge is 2.22. The molecule has 12 heteroatoms. The zero-order chi connectivity index (χ0) is 17.3. The number of amidine groups is 1. The quantitative estimate of drug-likeness (QED) is 0.409. The maximum Gasteiger partial charge on any atom is 0.182 e. The standard InChI is InChI=1S/C12H10ClFN8O2/c1-6-16-19-20-21(6)5-10-11(18-24-17-10)12(15)22(23)7-2-3-9(14)8(13)4-7/h2-4,15,23H,5H2,1H3. The number of hydrogen-bond acceptors (Lipinski definition) is 8. The average Bonchev–Trinajstić information content (AvgIpc) is 3.19. The van der Waals surface area contributed by atoms with Crippen LogP contribution >= 0.6 is 11.6 Å². The topological polar surface area (TPSA) is 130 Å². The van der Waals surface area contributed by atoms with Gasteiger partial charge < -0.3 is 0 Å². The summed E-state index contributed by atoms with van der Waals surface area (Å²) in [5.74, 6) is -0.542. The monoisotopic (exact) mass is 352 g/mol. The summed E-state index contributed by atoms with van der Waals surface area (Å²) in [5.41, 5.74) is 0.300. The molecule has 0 bridgehead atoms. The second-order valence-electron chi connectivity index (χ2n) is 4.70. The molecule has 2 N–H and O–H groups in total. The third kappa shape index (κ3) is 2.94. The van der Waals surface area contributed by atoms with Gasteiger partial charge in [0.1, 0.15) is 17.3 Å². The molecule has 0 atom stereocenters. The lowest BCUT2D eigenvalue weighted by molar-refractivity contribution is 0.297. The van der Waals surface area contributed by atoms with Gasteiger partial charge in [0.25, 0.3) is 0 Å². The molecule has 10 nitrogen and oxygen atoms in total. The van der Waals surface area contributed by atoms with E-state index in [1.165, 1.54) is 16.8 Å². The van der Waals surface area contributed by atoms with Crippen molar-refractivity contribution in [2.45, 2.75) is 13.5 Å². The van der Waals surface area contributed by atoms with Gasteiger partial charge in [-0.05, 0) is 40.7 Å². The molecule has 1 aromatic carbocycles. The van der Waals surface area contributed by atoms with Gasteiger partial charge in [-0.2, -0.15) is 0 Å². The van der Waals surface area contributed by atoms with E-state index in [-0.39, 0.29) is 28.6 Å². The highest BCUT2D eigenvalue weighted by atomic mass is 35.5. The summed E-state index contributed by atoms with van der Waals surface area (Å²) >= 11 is 5.68. The van der Waals surface area contributed by atoms with Gasteiger partial charge in [0.05, 0.1) is 17.3 Å².